The number of carbonyl (C=O) groups excluding carboxylic acids is 1. The van der Waals surface area contributed by atoms with Gasteiger partial charge < -0.3 is 4.57 Å². The van der Waals surface area contributed by atoms with E-state index in [9.17, 15) is 4.79 Å². The number of pyridine rings is 1. The fourth-order valence-corrected chi connectivity index (χ4v) is 2.99. The van der Waals surface area contributed by atoms with E-state index in [-0.39, 0.29) is 12.5 Å². The summed E-state index contributed by atoms with van der Waals surface area (Å²) in [6.07, 6.45) is 7.09. The first kappa shape index (κ1) is 16.7. The number of nitrogens with zero attached hydrogens (tertiary/aromatic N) is 3. The highest BCUT2D eigenvalue weighted by Gasteiger charge is 2.05. The van der Waals surface area contributed by atoms with E-state index in [2.05, 4.69) is 15.5 Å². The number of fused-ring (bicyclic) bond motifs is 1. The maximum atomic E-state index is 12.2. The van der Waals surface area contributed by atoms with E-state index in [0.29, 0.717) is 0 Å². The van der Waals surface area contributed by atoms with Crippen molar-refractivity contribution in [1.29, 1.82) is 0 Å². The first-order valence-corrected chi connectivity index (χ1v) is 8.66. The molecular weight excluding hydrogens is 336 g/mol. The maximum absolute atomic E-state index is 12.2. The number of aromatic nitrogens is 2. The van der Waals surface area contributed by atoms with E-state index in [1.807, 2.05) is 77.5 Å². The van der Waals surface area contributed by atoms with Crippen molar-refractivity contribution < 1.29 is 4.79 Å². The number of carbonyl (C=O) groups is 1. The standard InChI is InChI=1S/C22H18N4O/c27-22(16-26-13-10-19-5-1-2-7-21(19)26)25-24-15-17-4-3-6-20(14-17)18-8-11-23-12-9-18/h1-15H,16H2,(H,25,27)/b24-15+. The summed E-state index contributed by atoms with van der Waals surface area (Å²) < 4.78 is 1.91. The van der Waals surface area contributed by atoms with Gasteiger partial charge in [-0.15, -0.1) is 0 Å². The minimum absolute atomic E-state index is 0.169. The molecule has 0 radical (unpaired) electrons. The van der Waals surface area contributed by atoms with Crippen LogP contribution in [0.1, 0.15) is 5.56 Å². The summed E-state index contributed by atoms with van der Waals surface area (Å²) in [6, 6.07) is 21.8. The van der Waals surface area contributed by atoms with Gasteiger partial charge in [0, 0.05) is 24.1 Å². The molecular formula is C22H18N4O. The largest absolute Gasteiger partial charge is 0.338 e. The van der Waals surface area contributed by atoms with Crippen LogP contribution in [0.4, 0.5) is 0 Å². The Morgan fingerprint density at radius 3 is 2.74 bits per heavy atom. The molecule has 0 saturated carbocycles. The van der Waals surface area contributed by atoms with Crippen LogP contribution in [0.25, 0.3) is 22.0 Å². The Kier molecular flexibility index (Phi) is 4.74. The van der Waals surface area contributed by atoms with Crippen LogP contribution in [0.2, 0.25) is 0 Å². The summed E-state index contributed by atoms with van der Waals surface area (Å²) >= 11 is 0. The highest BCUT2D eigenvalue weighted by atomic mass is 16.2. The van der Waals surface area contributed by atoms with Gasteiger partial charge in [0.15, 0.2) is 0 Å². The van der Waals surface area contributed by atoms with Gasteiger partial charge in [-0.3, -0.25) is 9.78 Å². The second-order valence-corrected chi connectivity index (χ2v) is 6.16. The van der Waals surface area contributed by atoms with Crippen molar-refractivity contribution in [3.8, 4) is 11.1 Å². The van der Waals surface area contributed by atoms with Gasteiger partial charge in [-0.2, -0.15) is 5.10 Å². The minimum atomic E-state index is -0.169. The SMILES string of the molecule is O=C(Cn1ccc2ccccc21)N/N=C/c1cccc(-c2ccncc2)c1. The van der Waals surface area contributed by atoms with Gasteiger partial charge in [-0.25, -0.2) is 5.43 Å². The zero-order valence-electron chi connectivity index (χ0n) is 14.6. The third-order valence-electron chi connectivity index (χ3n) is 4.30. The number of hydrogen-bond acceptors (Lipinski definition) is 3. The average molecular weight is 354 g/mol. The molecule has 2 heterocycles. The Balaban J connectivity index is 1.41. The van der Waals surface area contributed by atoms with Crippen LogP contribution < -0.4 is 5.43 Å². The zero-order valence-corrected chi connectivity index (χ0v) is 14.6. The number of hydrazone groups is 1. The van der Waals surface area contributed by atoms with Gasteiger partial charge in [0.05, 0.1) is 6.21 Å². The van der Waals surface area contributed by atoms with Crippen LogP contribution in [-0.2, 0) is 11.3 Å². The van der Waals surface area contributed by atoms with Crippen molar-refractivity contribution in [2.24, 2.45) is 5.10 Å². The molecule has 0 fully saturated rings. The molecule has 4 rings (SSSR count). The minimum Gasteiger partial charge on any atom is -0.338 e. The molecule has 5 heteroatoms. The normalized spacial score (nSPS) is 11.1. The molecule has 0 saturated heterocycles. The van der Waals surface area contributed by atoms with Gasteiger partial charge >= 0.3 is 0 Å². The Bertz CT molecular complexity index is 1100. The predicted octanol–water partition coefficient (Wildman–Crippen LogP) is 3.85. The van der Waals surface area contributed by atoms with Crippen molar-refractivity contribution in [3.63, 3.8) is 0 Å². The highest BCUT2D eigenvalue weighted by Crippen LogP contribution is 2.18. The molecule has 132 valence electrons. The second kappa shape index (κ2) is 7.66. The van der Waals surface area contributed by atoms with Gasteiger partial charge in [0.25, 0.3) is 5.91 Å². The molecule has 2 aromatic heterocycles. The molecule has 5 nitrogen and oxygen atoms in total. The Morgan fingerprint density at radius 2 is 1.85 bits per heavy atom. The molecule has 1 amide bonds. The predicted molar refractivity (Wildman–Crippen MR) is 107 cm³/mol. The number of para-hydroxylation sites is 1. The molecule has 0 atom stereocenters. The molecule has 4 aromatic rings. The van der Waals surface area contributed by atoms with Crippen LogP contribution in [0.15, 0.2) is 90.4 Å². The Morgan fingerprint density at radius 1 is 1.00 bits per heavy atom. The quantitative estimate of drug-likeness (QED) is 0.437. The lowest BCUT2D eigenvalue weighted by Gasteiger charge is -2.04. The molecule has 0 spiro atoms. The monoisotopic (exact) mass is 354 g/mol. The molecule has 2 aromatic carbocycles. The van der Waals surface area contributed by atoms with Crippen LogP contribution in [0.3, 0.4) is 0 Å². The first-order valence-electron chi connectivity index (χ1n) is 8.66. The number of nitrogens with one attached hydrogen (secondary N) is 1. The summed E-state index contributed by atoms with van der Waals surface area (Å²) in [7, 11) is 0. The lowest BCUT2D eigenvalue weighted by molar-refractivity contribution is -0.121. The van der Waals surface area contributed by atoms with Crippen molar-refractivity contribution in [2.45, 2.75) is 6.54 Å². The average Bonchev–Trinajstić information content (AvgIpc) is 3.12. The molecule has 1 N–H and O–H groups in total. The van der Waals surface area contributed by atoms with Gasteiger partial charge in [-0.1, -0.05) is 36.4 Å². The van der Waals surface area contributed by atoms with Crippen LogP contribution in [-0.4, -0.2) is 21.7 Å². The summed E-state index contributed by atoms with van der Waals surface area (Å²) in [5, 5.41) is 5.20. The maximum Gasteiger partial charge on any atom is 0.259 e. The van der Waals surface area contributed by atoms with E-state index in [1.165, 1.54) is 0 Å². The van der Waals surface area contributed by atoms with Crippen LogP contribution in [0, 0.1) is 0 Å². The molecule has 0 aliphatic carbocycles. The third-order valence-corrected chi connectivity index (χ3v) is 4.30. The van der Waals surface area contributed by atoms with Crippen molar-refractivity contribution >= 4 is 23.0 Å². The summed E-state index contributed by atoms with van der Waals surface area (Å²) in [5.41, 5.74) is 6.70. The van der Waals surface area contributed by atoms with E-state index in [0.717, 1.165) is 27.6 Å². The summed E-state index contributed by atoms with van der Waals surface area (Å²) in [4.78, 5) is 16.2. The summed E-state index contributed by atoms with van der Waals surface area (Å²) in [6.45, 7) is 0.224. The molecule has 27 heavy (non-hydrogen) atoms. The lowest BCUT2D eigenvalue weighted by atomic mass is 10.1. The fourth-order valence-electron chi connectivity index (χ4n) is 2.99. The second-order valence-electron chi connectivity index (χ2n) is 6.16. The third kappa shape index (κ3) is 3.93. The molecule has 0 aliphatic heterocycles. The Labute approximate surface area is 157 Å². The topological polar surface area (TPSA) is 59.3 Å². The lowest BCUT2D eigenvalue weighted by Crippen LogP contribution is -2.22. The van der Waals surface area contributed by atoms with Crippen molar-refractivity contribution in [3.05, 3.63) is 90.9 Å². The zero-order chi connectivity index (χ0) is 18.5. The fraction of sp³-hybridized carbons (Fsp3) is 0.0455. The van der Waals surface area contributed by atoms with E-state index < -0.39 is 0 Å². The molecule has 0 bridgehead atoms. The number of rotatable bonds is 5. The van der Waals surface area contributed by atoms with Gasteiger partial charge in [-0.05, 0) is 52.4 Å². The number of amides is 1. The Hall–Kier alpha value is -3.73. The number of hydrogen-bond donors (Lipinski definition) is 1. The highest BCUT2D eigenvalue weighted by molar-refractivity contribution is 5.85. The smallest absolute Gasteiger partial charge is 0.259 e. The molecule has 0 unspecified atom stereocenters. The number of benzene rings is 2. The van der Waals surface area contributed by atoms with E-state index >= 15 is 0 Å². The summed E-state index contributed by atoms with van der Waals surface area (Å²) in [5.74, 6) is -0.169. The molecule has 0 aliphatic rings. The van der Waals surface area contributed by atoms with E-state index in [4.69, 9.17) is 0 Å². The first-order chi connectivity index (χ1) is 13.3. The van der Waals surface area contributed by atoms with Gasteiger partial charge in [0.2, 0.25) is 0 Å². The van der Waals surface area contributed by atoms with Crippen molar-refractivity contribution in [2.75, 3.05) is 0 Å². The van der Waals surface area contributed by atoms with Gasteiger partial charge in [0.1, 0.15) is 6.54 Å². The van der Waals surface area contributed by atoms with E-state index in [1.54, 1.807) is 18.6 Å². The van der Waals surface area contributed by atoms with Crippen LogP contribution in [0.5, 0.6) is 0 Å². The van der Waals surface area contributed by atoms with Crippen molar-refractivity contribution in [1.82, 2.24) is 15.0 Å². The van der Waals surface area contributed by atoms with Crippen LogP contribution >= 0.6 is 0 Å².